The Bertz CT molecular complexity index is 424. The first-order valence-corrected chi connectivity index (χ1v) is 6.84. The Morgan fingerprint density at radius 1 is 1.42 bits per heavy atom. The highest BCUT2D eigenvalue weighted by molar-refractivity contribution is 5.79. The van der Waals surface area contributed by atoms with E-state index in [1.165, 1.54) is 12.1 Å². The molecule has 104 valence electrons. The molecular weight excluding hydrogens is 243 g/mol. The Labute approximate surface area is 113 Å². The number of amides is 1. The van der Waals surface area contributed by atoms with E-state index in [-0.39, 0.29) is 23.8 Å². The topological polar surface area (TPSA) is 32.3 Å². The molecule has 1 aromatic carbocycles. The molecule has 1 unspecified atom stereocenters. The highest BCUT2D eigenvalue weighted by Gasteiger charge is 2.28. The summed E-state index contributed by atoms with van der Waals surface area (Å²) in [7, 11) is 0. The second-order valence-corrected chi connectivity index (χ2v) is 5.34. The minimum absolute atomic E-state index is 0.121. The van der Waals surface area contributed by atoms with Crippen LogP contribution in [0.4, 0.5) is 4.39 Å². The molecule has 1 aliphatic heterocycles. The maximum absolute atomic E-state index is 12.9. The Morgan fingerprint density at radius 2 is 2.11 bits per heavy atom. The van der Waals surface area contributed by atoms with Gasteiger partial charge >= 0.3 is 0 Å². The number of rotatable bonds is 4. The number of benzene rings is 1. The fourth-order valence-electron chi connectivity index (χ4n) is 2.66. The zero-order valence-corrected chi connectivity index (χ0v) is 11.5. The summed E-state index contributed by atoms with van der Waals surface area (Å²) in [5, 5.41) is 3.29. The van der Waals surface area contributed by atoms with Crippen LogP contribution in [0.15, 0.2) is 24.3 Å². The van der Waals surface area contributed by atoms with Gasteiger partial charge in [0.05, 0.1) is 6.42 Å². The average Bonchev–Trinajstić information content (AvgIpc) is 2.85. The quantitative estimate of drug-likeness (QED) is 0.901. The van der Waals surface area contributed by atoms with Gasteiger partial charge in [-0.25, -0.2) is 4.39 Å². The normalized spacial score (nSPS) is 18.8. The minimum atomic E-state index is -0.267. The predicted octanol–water partition coefficient (Wildman–Crippen LogP) is 1.97. The van der Waals surface area contributed by atoms with Gasteiger partial charge in [0.25, 0.3) is 0 Å². The van der Waals surface area contributed by atoms with E-state index in [1.807, 2.05) is 18.7 Å². The van der Waals surface area contributed by atoms with E-state index in [9.17, 15) is 9.18 Å². The Hall–Kier alpha value is -1.42. The zero-order valence-electron chi connectivity index (χ0n) is 11.5. The summed E-state index contributed by atoms with van der Waals surface area (Å²) in [5.41, 5.74) is 0.864. The molecule has 1 aliphatic rings. The monoisotopic (exact) mass is 264 g/mol. The van der Waals surface area contributed by atoms with E-state index >= 15 is 0 Å². The van der Waals surface area contributed by atoms with Crippen LogP contribution in [0.3, 0.4) is 0 Å². The van der Waals surface area contributed by atoms with Crippen LogP contribution in [0, 0.1) is 5.82 Å². The molecule has 1 fully saturated rings. The SMILES string of the molecule is CC(C)N(C(=O)Cc1ccc(F)cc1)C1CCNC1. The van der Waals surface area contributed by atoms with Gasteiger partial charge in [-0.15, -0.1) is 0 Å². The van der Waals surface area contributed by atoms with Crippen LogP contribution < -0.4 is 5.32 Å². The lowest BCUT2D eigenvalue weighted by Crippen LogP contribution is -2.46. The van der Waals surface area contributed by atoms with E-state index in [2.05, 4.69) is 5.32 Å². The summed E-state index contributed by atoms with van der Waals surface area (Å²) in [4.78, 5) is 14.4. The molecule has 0 aliphatic carbocycles. The highest BCUT2D eigenvalue weighted by Crippen LogP contribution is 2.15. The molecule has 1 aromatic rings. The molecule has 1 amide bonds. The standard InChI is InChI=1S/C15H21FN2O/c1-11(2)18(14-7-8-17-10-14)15(19)9-12-3-5-13(16)6-4-12/h3-6,11,14,17H,7-10H2,1-2H3. The summed E-state index contributed by atoms with van der Waals surface area (Å²) in [6.45, 7) is 5.92. The van der Waals surface area contributed by atoms with Gasteiger partial charge in [0.2, 0.25) is 5.91 Å². The second kappa shape index (κ2) is 6.15. The number of hydrogen-bond donors (Lipinski definition) is 1. The number of nitrogens with zero attached hydrogens (tertiary/aromatic N) is 1. The molecule has 19 heavy (non-hydrogen) atoms. The van der Waals surface area contributed by atoms with Crippen molar-refractivity contribution >= 4 is 5.91 Å². The second-order valence-electron chi connectivity index (χ2n) is 5.34. The molecule has 4 heteroatoms. The van der Waals surface area contributed by atoms with Gasteiger partial charge in [-0.05, 0) is 44.5 Å². The summed E-state index contributed by atoms with van der Waals surface area (Å²) >= 11 is 0. The number of nitrogens with one attached hydrogen (secondary N) is 1. The van der Waals surface area contributed by atoms with Gasteiger partial charge < -0.3 is 10.2 Å². The lowest BCUT2D eigenvalue weighted by atomic mass is 10.1. The minimum Gasteiger partial charge on any atom is -0.336 e. The molecule has 1 heterocycles. The number of halogens is 1. The van der Waals surface area contributed by atoms with Gasteiger partial charge in [-0.1, -0.05) is 12.1 Å². The first kappa shape index (κ1) is 14.0. The Morgan fingerprint density at radius 3 is 2.63 bits per heavy atom. The first-order chi connectivity index (χ1) is 9.08. The molecule has 0 saturated carbocycles. The molecule has 1 N–H and O–H groups in total. The highest BCUT2D eigenvalue weighted by atomic mass is 19.1. The van der Waals surface area contributed by atoms with Crippen LogP contribution in [0.25, 0.3) is 0 Å². The van der Waals surface area contributed by atoms with Crippen molar-refractivity contribution in [3.05, 3.63) is 35.6 Å². The smallest absolute Gasteiger partial charge is 0.227 e. The predicted molar refractivity (Wildman–Crippen MR) is 73.4 cm³/mol. The lowest BCUT2D eigenvalue weighted by Gasteiger charge is -2.32. The van der Waals surface area contributed by atoms with E-state index in [1.54, 1.807) is 12.1 Å². The van der Waals surface area contributed by atoms with Crippen molar-refractivity contribution in [1.29, 1.82) is 0 Å². The van der Waals surface area contributed by atoms with E-state index in [0.29, 0.717) is 6.42 Å². The van der Waals surface area contributed by atoms with Crippen LogP contribution in [-0.2, 0) is 11.2 Å². The fraction of sp³-hybridized carbons (Fsp3) is 0.533. The Kier molecular flexibility index (Phi) is 4.53. The molecule has 3 nitrogen and oxygen atoms in total. The van der Waals surface area contributed by atoms with Crippen LogP contribution >= 0.6 is 0 Å². The third kappa shape index (κ3) is 3.53. The first-order valence-electron chi connectivity index (χ1n) is 6.84. The summed E-state index contributed by atoms with van der Waals surface area (Å²) in [6, 6.07) is 6.64. The number of hydrogen-bond acceptors (Lipinski definition) is 2. The fourth-order valence-corrected chi connectivity index (χ4v) is 2.66. The third-order valence-corrected chi connectivity index (χ3v) is 3.54. The summed E-state index contributed by atoms with van der Waals surface area (Å²) < 4.78 is 12.9. The van der Waals surface area contributed by atoms with Crippen LogP contribution in [0.5, 0.6) is 0 Å². The van der Waals surface area contributed by atoms with Crippen molar-refractivity contribution in [1.82, 2.24) is 10.2 Å². The van der Waals surface area contributed by atoms with Crippen LogP contribution in [0.1, 0.15) is 25.8 Å². The van der Waals surface area contributed by atoms with Gasteiger partial charge in [0.15, 0.2) is 0 Å². The van der Waals surface area contributed by atoms with Crippen molar-refractivity contribution in [2.45, 2.75) is 38.8 Å². The van der Waals surface area contributed by atoms with Crippen LogP contribution in [-0.4, -0.2) is 36.0 Å². The van der Waals surface area contributed by atoms with Gasteiger partial charge in [-0.3, -0.25) is 4.79 Å². The molecule has 0 radical (unpaired) electrons. The van der Waals surface area contributed by atoms with Gasteiger partial charge in [-0.2, -0.15) is 0 Å². The molecule has 2 rings (SSSR count). The largest absolute Gasteiger partial charge is 0.336 e. The molecule has 0 aromatic heterocycles. The molecule has 1 saturated heterocycles. The number of carbonyl (C=O) groups is 1. The van der Waals surface area contributed by atoms with Gasteiger partial charge in [0.1, 0.15) is 5.82 Å². The van der Waals surface area contributed by atoms with Crippen molar-refractivity contribution in [2.24, 2.45) is 0 Å². The van der Waals surface area contributed by atoms with E-state index < -0.39 is 0 Å². The van der Waals surface area contributed by atoms with E-state index in [0.717, 1.165) is 25.1 Å². The zero-order chi connectivity index (χ0) is 13.8. The molecule has 0 bridgehead atoms. The maximum Gasteiger partial charge on any atom is 0.227 e. The van der Waals surface area contributed by atoms with Crippen molar-refractivity contribution in [3.8, 4) is 0 Å². The van der Waals surface area contributed by atoms with Crippen molar-refractivity contribution in [3.63, 3.8) is 0 Å². The van der Waals surface area contributed by atoms with Crippen molar-refractivity contribution < 1.29 is 9.18 Å². The number of carbonyl (C=O) groups excluding carboxylic acids is 1. The lowest BCUT2D eigenvalue weighted by molar-refractivity contribution is -0.134. The maximum atomic E-state index is 12.9. The molecule has 0 spiro atoms. The average molecular weight is 264 g/mol. The summed E-state index contributed by atoms with van der Waals surface area (Å²) in [6.07, 6.45) is 1.35. The van der Waals surface area contributed by atoms with Crippen molar-refractivity contribution in [2.75, 3.05) is 13.1 Å². The Balaban J connectivity index is 2.05. The van der Waals surface area contributed by atoms with Crippen LogP contribution in [0.2, 0.25) is 0 Å². The van der Waals surface area contributed by atoms with Gasteiger partial charge in [0, 0.05) is 18.6 Å². The summed E-state index contributed by atoms with van der Waals surface area (Å²) in [5.74, 6) is -0.146. The molecule has 1 atom stereocenters. The van der Waals surface area contributed by atoms with E-state index in [4.69, 9.17) is 0 Å². The molecular formula is C15H21FN2O. The third-order valence-electron chi connectivity index (χ3n) is 3.54.